The van der Waals surface area contributed by atoms with Gasteiger partial charge >= 0.3 is 0 Å². The summed E-state index contributed by atoms with van der Waals surface area (Å²) in [6, 6.07) is 3.89. The van der Waals surface area contributed by atoms with Crippen molar-refractivity contribution in [2.75, 3.05) is 0 Å². The zero-order valence-electron chi connectivity index (χ0n) is 8.00. The molecule has 15 heavy (non-hydrogen) atoms. The Bertz CT molecular complexity index is 432. The summed E-state index contributed by atoms with van der Waals surface area (Å²) >= 11 is 1.55. The van der Waals surface area contributed by atoms with E-state index in [0.717, 1.165) is 15.6 Å². The minimum atomic E-state index is 0.453. The van der Waals surface area contributed by atoms with Gasteiger partial charge in [-0.2, -0.15) is 0 Å². The molecular weight excluding hydrogens is 208 g/mol. The molecule has 0 radical (unpaired) electrons. The van der Waals surface area contributed by atoms with Crippen molar-refractivity contribution < 1.29 is 0 Å². The monoisotopic (exact) mass is 218 g/mol. The van der Waals surface area contributed by atoms with E-state index in [-0.39, 0.29) is 0 Å². The van der Waals surface area contributed by atoms with Crippen LogP contribution < -0.4 is 5.73 Å². The fourth-order valence-corrected chi connectivity index (χ4v) is 1.88. The second kappa shape index (κ2) is 4.86. The van der Waals surface area contributed by atoms with Crippen LogP contribution in [-0.4, -0.2) is 15.0 Å². The lowest BCUT2D eigenvalue weighted by molar-refractivity contribution is 0.975. The van der Waals surface area contributed by atoms with Crippen LogP contribution in [0.5, 0.6) is 0 Å². The van der Waals surface area contributed by atoms with Crippen LogP contribution in [0.1, 0.15) is 5.69 Å². The van der Waals surface area contributed by atoms with Crippen LogP contribution in [0.15, 0.2) is 46.8 Å². The molecule has 5 heteroatoms. The van der Waals surface area contributed by atoms with E-state index in [2.05, 4.69) is 15.0 Å². The third kappa shape index (κ3) is 2.74. The van der Waals surface area contributed by atoms with E-state index < -0.39 is 0 Å². The van der Waals surface area contributed by atoms with Crippen LogP contribution in [0.2, 0.25) is 0 Å². The van der Waals surface area contributed by atoms with Crippen molar-refractivity contribution >= 4 is 11.8 Å². The van der Waals surface area contributed by atoms with E-state index in [1.54, 1.807) is 36.5 Å². The lowest BCUT2D eigenvalue weighted by Crippen LogP contribution is -1.98. The molecule has 2 N–H and O–H groups in total. The van der Waals surface area contributed by atoms with Crippen LogP contribution in [0.3, 0.4) is 0 Å². The van der Waals surface area contributed by atoms with Crippen molar-refractivity contribution in [3.63, 3.8) is 0 Å². The van der Waals surface area contributed by atoms with Crippen LogP contribution in [0.25, 0.3) is 0 Å². The highest BCUT2D eigenvalue weighted by atomic mass is 32.2. The third-order valence-electron chi connectivity index (χ3n) is 1.76. The largest absolute Gasteiger partial charge is 0.325 e. The summed E-state index contributed by atoms with van der Waals surface area (Å²) in [7, 11) is 0. The molecule has 0 aliphatic carbocycles. The van der Waals surface area contributed by atoms with Crippen LogP contribution in [-0.2, 0) is 6.54 Å². The van der Waals surface area contributed by atoms with Gasteiger partial charge in [0.1, 0.15) is 5.03 Å². The molecule has 0 spiro atoms. The molecule has 2 aromatic heterocycles. The van der Waals surface area contributed by atoms with Crippen LogP contribution >= 0.6 is 11.8 Å². The molecule has 2 heterocycles. The van der Waals surface area contributed by atoms with Crippen molar-refractivity contribution in [1.82, 2.24) is 15.0 Å². The Morgan fingerprint density at radius 1 is 1.20 bits per heavy atom. The van der Waals surface area contributed by atoms with Gasteiger partial charge in [-0.05, 0) is 12.1 Å². The molecule has 0 bridgehead atoms. The molecule has 2 aromatic rings. The number of hydrogen-bond acceptors (Lipinski definition) is 5. The molecule has 2 rings (SSSR count). The Morgan fingerprint density at radius 2 is 2.13 bits per heavy atom. The zero-order valence-corrected chi connectivity index (χ0v) is 8.81. The second-order valence-electron chi connectivity index (χ2n) is 2.83. The van der Waals surface area contributed by atoms with E-state index in [1.807, 2.05) is 12.1 Å². The Balaban J connectivity index is 2.17. The second-order valence-corrected chi connectivity index (χ2v) is 3.93. The maximum Gasteiger partial charge on any atom is 0.119 e. The molecule has 0 amide bonds. The Morgan fingerprint density at radius 3 is 2.87 bits per heavy atom. The molecule has 0 unspecified atom stereocenters. The van der Waals surface area contributed by atoms with E-state index in [1.165, 1.54) is 0 Å². The average molecular weight is 218 g/mol. The van der Waals surface area contributed by atoms with Gasteiger partial charge in [0.15, 0.2) is 0 Å². The number of pyridine rings is 1. The first-order valence-corrected chi connectivity index (χ1v) is 5.29. The topological polar surface area (TPSA) is 64.7 Å². The van der Waals surface area contributed by atoms with E-state index in [4.69, 9.17) is 5.73 Å². The van der Waals surface area contributed by atoms with Crippen LogP contribution in [0, 0.1) is 0 Å². The normalized spacial score (nSPS) is 10.2. The van der Waals surface area contributed by atoms with Gasteiger partial charge in [-0.25, -0.2) is 4.98 Å². The van der Waals surface area contributed by atoms with Gasteiger partial charge in [0.25, 0.3) is 0 Å². The molecular formula is C10H10N4S. The van der Waals surface area contributed by atoms with E-state index >= 15 is 0 Å². The average Bonchev–Trinajstić information content (AvgIpc) is 2.31. The number of nitrogens with two attached hydrogens (primary N) is 1. The number of hydrogen-bond donors (Lipinski definition) is 1. The van der Waals surface area contributed by atoms with Gasteiger partial charge in [-0.3, -0.25) is 9.97 Å². The molecule has 0 aliphatic heterocycles. The summed E-state index contributed by atoms with van der Waals surface area (Å²) in [4.78, 5) is 13.4. The summed E-state index contributed by atoms with van der Waals surface area (Å²) < 4.78 is 0. The molecule has 0 aromatic carbocycles. The summed E-state index contributed by atoms with van der Waals surface area (Å²) in [6.07, 6.45) is 6.81. The Hall–Kier alpha value is -1.46. The molecule has 0 fully saturated rings. The van der Waals surface area contributed by atoms with Gasteiger partial charge in [-0.1, -0.05) is 11.8 Å². The number of rotatable bonds is 3. The third-order valence-corrected chi connectivity index (χ3v) is 2.67. The molecule has 0 atom stereocenters. The maximum absolute atomic E-state index is 5.51. The predicted molar refractivity (Wildman–Crippen MR) is 58.3 cm³/mol. The standard InChI is InChI=1S/C10H10N4S/c11-6-8-5-9(1-2-13-8)15-10-7-12-3-4-14-10/h1-5,7H,6,11H2. The van der Waals surface area contributed by atoms with Crippen molar-refractivity contribution in [3.8, 4) is 0 Å². The van der Waals surface area contributed by atoms with Crippen molar-refractivity contribution in [1.29, 1.82) is 0 Å². The highest BCUT2D eigenvalue weighted by molar-refractivity contribution is 7.99. The fourth-order valence-electron chi connectivity index (χ4n) is 1.09. The Kier molecular flexibility index (Phi) is 3.26. The zero-order chi connectivity index (χ0) is 10.5. The smallest absolute Gasteiger partial charge is 0.119 e. The quantitative estimate of drug-likeness (QED) is 0.845. The van der Waals surface area contributed by atoms with Gasteiger partial charge in [0.05, 0.1) is 11.9 Å². The van der Waals surface area contributed by atoms with Gasteiger partial charge in [0, 0.05) is 30.0 Å². The SMILES string of the molecule is NCc1cc(Sc2cnccn2)ccn1. The lowest BCUT2D eigenvalue weighted by Gasteiger charge is -2.01. The molecule has 0 saturated heterocycles. The highest BCUT2D eigenvalue weighted by Crippen LogP contribution is 2.24. The van der Waals surface area contributed by atoms with Crippen molar-refractivity contribution in [2.45, 2.75) is 16.5 Å². The molecule has 0 aliphatic rings. The fraction of sp³-hybridized carbons (Fsp3) is 0.100. The Labute approximate surface area is 92.0 Å². The van der Waals surface area contributed by atoms with Crippen molar-refractivity contribution in [2.24, 2.45) is 5.73 Å². The number of aromatic nitrogens is 3. The molecule has 76 valence electrons. The summed E-state index contributed by atoms with van der Waals surface area (Å²) in [5, 5.41) is 0.867. The summed E-state index contributed by atoms with van der Waals surface area (Å²) in [5.41, 5.74) is 6.39. The maximum atomic E-state index is 5.51. The molecule has 0 saturated carbocycles. The summed E-state index contributed by atoms with van der Waals surface area (Å²) in [5.74, 6) is 0. The first-order chi connectivity index (χ1) is 7.38. The summed E-state index contributed by atoms with van der Waals surface area (Å²) in [6.45, 7) is 0.453. The predicted octanol–water partition coefficient (Wildman–Crippen LogP) is 1.48. The first kappa shape index (κ1) is 10.1. The van der Waals surface area contributed by atoms with Gasteiger partial charge in [0.2, 0.25) is 0 Å². The van der Waals surface area contributed by atoms with Crippen molar-refractivity contribution in [3.05, 3.63) is 42.6 Å². The first-order valence-electron chi connectivity index (χ1n) is 4.47. The van der Waals surface area contributed by atoms with E-state index in [9.17, 15) is 0 Å². The minimum absolute atomic E-state index is 0.453. The highest BCUT2D eigenvalue weighted by Gasteiger charge is 1.99. The van der Waals surface area contributed by atoms with Crippen LogP contribution in [0.4, 0.5) is 0 Å². The minimum Gasteiger partial charge on any atom is -0.325 e. The van der Waals surface area contributed by atoms with Gasteiger partial charge < -0.3 is 5.73 Å². The van der Waals surface area contributed by atoms with E-state index in [0.29, 0.717) is 6.54 Å². The molecule has 4 nitrogen and oxygen atoms in total. The van der Waals surface area contributed by atoms with Gasteiger partial charge in [-0.15, -0.1) is 0 Å². The lowest BCUT2D eigenvalue weighted by atomic mass is 10.3. The number of nitrogens with zero attached hydrogens (tertiary/aromatic N) is 3.